The lowest BCUT2D eigenvalue weighted by atomic mass is 10.0. The van der Waals surface area contributed by atoms with Crippen molar-refractivity contribution in [3.8, 4) is 0 Å². The normalized spacial score (nSPS) is 16.7. The molecular formula is C14H15NOS. The molecule has 1 heterocycles. The van der Waals surface area contributed by atoms with Crippen LogP contribution in [0.15, 0.2) is 24.3 Å². The third-order valence-electron chi connectivity index (χ3n) is 3.48. The second-order valence-corrected chi connectivity index (χ2v) is 5.80. The molecular weight excluding hydrogens is 230 g/mol. The van der Waals surface area contributed by atoms with Crippen LogP contribution < -0.4 is 0 Å². The molecule has 0 radical (unpaired) electrons. The van der Waals surface area contributed by atoms with E-state index in [-0.39, 0.29) is 5.78 Å². The summed E-state index contributed by atoms with van der Waals surface area (Å²) in [6.07, 6.45) is 5.71. The Bertz CT molecular complexity index is 507. The minimum Gasteiger partial charge on any atom is -0.292 e. The number of fused-ring (bicyclic) bond motifs is 1. The Balaban J connectivity index is 1.80. The maximum atomic E-state index is 12.1. The van der Waals surface area contributed by atoms with Crippen molar-refractivity contribution in [3.63, 3.8) is 0 Å². The van der Waals surface area contributed by atoms with Crippen molar-refractivity contribution < 1.29 is 4.79 Å². The van der Waals surface area contributed by atoms with Crippen molar-refractivity contribution in [2.45, 2.75) is 32.1 Å². The van der Waals surface area contributed by atoms with Gasteiger partial charge in [-0.25, -0.2) is 4.98 Å². The summed E-state index contributed by atoms with van der Waals surface area (Å²) < 4.78 is 1.11. The number of carbonyl (C=O) groups is 1. The molecule has 0 bridgehead atoms. The van der Waals surface area contributed by atoms with E-state index in [1.54, 1.807) is 0 Å². The molecule has 0 aliphatic heterocycles. The minimum atomic E-state index is 0.234. The Morgan fingerprint density at radius 2 is 2.06 bits per heavy atom. The van der Waals surface area contributed by atoms with Gasteiger partial charge in [0, 0.05) is 6.42 Å². The van der Waals surface area contributed by atoms with Crippen molar-refractivity contribution in [2.75, 3.05) is 0 Å². The largest absolute Gasteiger partial charge is 0.292 e. The van der Waals surface area contributed by atoms with Gasteiger partial charge in [0.25, 0.3) is 0 Å². The maximum absolute atomic E-state index is 12.1. The molecule has 1 aromatic carbocycles. The number of carbonyl (C=O) groups excluding carboxylic acids is 1. The van der Waals surface area contributed by atoms with Gasteiger partial charge < -0.3 is 0 Å². The van der Waals surface area contributed by atoms with E-state index in [9.17, 15) is 4.79 Å². The first-order valence-corrected chi connectivity index (χ1v) is 7.03. The number of thiazole rings is 1. The fraction of sp³-hybridized carbons (Fsp3) is 0.429. The topological polar surface area (TPSA) is 30.0 Å². The van der Waals surface area contributed by atoms with Gasteiger partial charge in [0.15, 0.2) is 10.8 Å². The zero-order chi connectivity index (χ0) is 11.7. The second-order valence-electron chi connectivity index (χ2n) is 4.76. The zero-order valence-corrected chi connectivity index (χ0v) is 10.5. The molecule has 88 valence electrons. The average Bonchev–Trinajstić information content (AvgIpc) is 2.96. The lowest BCUT2D eigenvalue weighted by Gasteiger charge is -2.04. The van der Waals surface area contributed by atoms with Crippen LogP contribution in [0.5, 0.6) is 0 Å². The number of nitrogens with zero attached hydrogens (tertiary/aromatic N) is 1. The van der Waals surface area contributed by atoms with Crippen LogP contribution in [0.4, 0.5) is 0 Å². The number of hydrogen-bond acceptors (Lipinski definition) is 3. The molecule has 1 saturated carbocycles. The molecule has 1 fully saturated rings. The van der Waals surface area contributed by atoms with E-state index in [1.807, 2.05) is 24.3 Å². The van der Waals surface area contributed by atoms with Crippen molar-refractivity contribution in [1.82, 2.24) is 4.98 Å². The van der Waals surface area contributed by atoms with Crippen LogP contribution in [-0.4, -0.2) is 10.8 Å². The number of ketones is 1. The summed E-state index contributed by atoms with van der Waals surface area (Å²) in [7, 11) is 0. The monoisotopic (exact) mass is 245 g/mol. The number of benzene rings is 1. The first-order valence-electron chi connectivity index (χ1n) is 6.22. The second kappa shape index (κ2) is 4.57. The van der Waals surface area contributed by atoms with Gasteiger partial charge in [-0.1, -0.05) is 37.8 Å². The SMILES string of the molecule is O=C(CC1CCCC1)c1nc2ccccc2s1. The highest BCUT2D eigenvalue weighted by atomic mass is 32.1. The van der Waals surface area contributed by atoms with E-state index in [2.05, 4.69) is 4.98 Å². The molecule has 17 heavy (non-hydrogen) atoms. The third-order valence-corrected chi connectivity index (χ3v) is 4.56. The Kier molecular flexibility index (Phi) is 2.93. The lowest BCUT2D eigenvalue weighted by Crippen LogP contribution is -2.05. The average molecular weight is 245 g/mol. The molecule has 0 amide bonds. The standard InChI is InChI=1S/C14H15NOS/c16-12(9-10-5-1-2-6-10)14-15-11-7-3-4-8-13(11)17-14/h3-4,7-8,10H,1-2,5-6,9H2. The number of Topliss-reactive ketones (excluding diaryl/α,β-unsaturated/α-hetero) is 1. The van der Waals surface area contributed by atoms with Crippen LogP contribution in [0.1, 0.15) is 41.9 Å². The molecule has 2 nitrogen and oxygen atoms in total. The Morgan fingerprint density at radius 3 is 2.82 bits per heavy atom. The molecule has 1 aliphatic rings. The minimum absolute atomic E-state index is 0.234. The Morgan fingerprint density at radius 1 is 1.29 bits per heavy atom. The molecule has 0 N–H and O–H groups in total. The highest BCUT2D eigenvalue weighted by Gasteiger charge is 2.21. The van der Waals surface area contributed by atoms with E-state index in [0.29, 0.717) is 17.3 Å². The quantitative estimate of drug-likeness (QED) is 0.763. The lowest BCUT2D eigenvalue weighted by molar-refractivity contribution is 0.0962. The third kappa shape index (κ3) is 2.25. The number of hydrogen-bond donors (Lipinski definition) is 0. The van der Waals surface area contributed by atoms with Crippen molar-refractivity contribution in [3.05, 3.63) is 29.3 Å². The van der Waals surface area contributed by atoms with Crippen LogP contribution in [0, 0.1) is 5.92 Å². The number of para-hydroxylation sites is 1. The molecule has 2 aromatic rings. The fourth-order valence-electron chi connectivity index (χ4n) is 2.56. The van der Waals surface area contributed by atoms with Gasteiger partial charge in [0.05, 0.1) is 10.2 Å². The van der Waals surface area contributed by atoms with Crippen molar-refractivity contribution in [1.29, 1.82) is 0 Å². The molecule has 1 aliphatic carbocycles. The first kappa shape index (κ1) is 10.9. The Labute approximate surface area is 105 Å². The van der Waals surface area contributed by atoms with Crippen LogP contribution >= 0.6 is 11.3 Å². The summed E-state index contributed by atoms with van der Waals surface area (Å²) in [5.74, 6) is 0.840. The van der Waals surface area contributed by atoms with Gasteiger partial charge in [-0.3, -0.25) is 4.79 Å². The summed E-state index contributed by atoms with van der Waals surface area (Å²) in [5.41, 5.74) is 0.951. The van der Waals surface area contributed by atoms with Crippen LogP contribution in [0.2, 0.25) is 0 Å². The van der Waals surface area contributed by atoms with Crippen LogP contribution in [0.3, 0.4) is 0 Å². The van der Waals surface area contributed by atoms with E-state index in [1.165, 1.54) is 37.0 Å². The summed E-state index contributed by atoms with van der Waals surface area (Å²) in [5, 5.41) is 0.693. The van der Waals surface area contributed by atoms with E-state index in [4.69, 9.17) is 0 Å². The zero-order valence-electron chi connectivity index (χ0n) is 9.69. The molecule has 3 heteroatoms. The highest BCUT2D eigenvalue weighted by Crippen LogP contribution is 2.30. The maximum Gasteiger partial charge on any atom is 0.191 e. The predicted molar refractivity (Wildman–Crippen MR) is 70.5 cm³/mol. The van der Waals surface area contributed by atoms with Gasteiger partial charge >= 0.3 is 0 Å². The highest BCUT2D eigenvalue weighted by molar-refractivity contribution is 7.20. The smallest absolute Gasteiger partial charge is 0.191 e. The number of rotatable bonds is 3. The number of aromatic nitrogens is 1. The van der Waals surface area contributed by atoms with Gasteiger partial charge in [-0.15, -0.1) is 11.3 Å². The summed E-state index contributed by atoms with van der Waals surface area (Å²) >= 11 is 1.53. The molecule has 0 atom stereocenters. The predicted octanol–water partition coefficient (Wildman–Crippen LogP) is 4.06. The summed E-state index contributed by atoms with van der Waals surface area (Å²) in [4.78, 5) is 16.5. The molecule has 0 spiro atoms. The summed E-state index contributed by atoms with van der Waals surface area (Å²) in [6, 6.07) is 7.95. The van der Waals surface area contributed by atoms with Crippen LogP contribution in [0.25, 0.3) is 10.2 Å². The van der Waals surface area contributed by atoms with E-state index >= 15 is 0 Å². The summed E-state index contributed by atoms with van der Waals surface area (Å²) in [6.45, 7) is 0. The van der Waals surface area contributed by atoms with Crippen molar-refractivity contribution in [2.24, 2.45) is 5.92 Å². The molecule has 0 unspecified atom stereocenters. The van der Waals surface area contributed by atoms with E-state index < -0.39 is 0 Å². The first-order chi connectivity index (χ1) is 8.33. The van der Waals surface area contributed by atoms with Crippen LogP contribution in [-0.2, 0) is 0 Å². The fourth-order valence-corrected chi connectivity index (χ4v) is 3.47. The Hall–Kier alpha value is -1.22. The van der Waals surface area contributed by atoms with E-state index in [0.717, 1.165) is 10.2 Å². The molecule has 3 rings (SSSR count). The van der Waals surface area contributed by atoms with Gasteiger partial charge in [0.2, 0.25) is 0 Å². The molecule has 1 aromatic heterocycles. The van der Waals surface area contributed by atoms with Gasteiger partial charge in [-0.05, 0) is 18.1 Å². The van der Waals surface area contributed by atoms with Crippen molar-refractivity contribution >= 4 is 27.3 Å². The van der Waals surface area contributed by atoms with Gasteiger partial charge in [0.1, 0.15) is 0 Å². The molecule has 0 saturated heterocycles. The van der Waals surface area contributed by atoms with Gasteiger partial charge in [-0.2, -0.15) is 0 Å².